The van der Waals surface area contributed by atoms with Gasteiger partial charge in [-0.1, -0.05) is 18.2 Å². The average molecular weight is 462 g/mol. The van der Waals surface area contributed by atoms with Crippen molar-refractivity contribution >= 4 is 0 Å². The van der Waals surface area contributed by atoms with Gasteiger partial charge in [-0.15, -0.1) is 6.58 Å². The van der Waals surface area contributed by atoms with Gasteiger partial charge in [0.15, 0.2) is 6.29 Å². The first-order valence-corrected chi connectivity index (χ1v) is 9.84. The molecule has 4 atom stereocenters. The quantitative estimate of drug-likeness (QED) is 0.344. The Hall–Kier alpha value is -2.39. The number of allylic oxidation sites excluding steroid dienone is 1. The van der Waals surface area contributed by atoms with Crippen molar-refractivity contribution < 1.29 is 40.2 Å². The smallest absolute Gasteiger partial charge is 0.352 e. The van der Waals surface area contributed by atoms with Crippen LogP contribution in [0.15, 0.2) is 55.1 Å². The molecule has 3 rings (SSSR count). The molecule has 0 aliphatic carbocycles. The topological polar surface area (TPSA) is 18.5 Å². The first-order valence-electron chi connectivity index (χ1n) is 9.84. The Bertz CT molecular complexity index is 920. The molecule has 0 saturated carbocycles. The van der Waals surface area contributed by atoms with Crippen LogP contribution in [0.25, 0.3) is 0 Å². The summed E-state index contributed by atoms with van der Waals surface area (Å²) in [7, 11) is 0. The lowest BCUT2D eigenvalue weighted by Gasteiger charge is -2.38. The fraction of sp³-hybridized carbons (Fsp3) is 0.391. The van der Waals surface area contributed by atoms with Crippen LogP contribution in [0.2, 0.25) is 0 Å². The van der Waals surface area contributed by atoms with E-state index < -0.39 is 47.6 Å². The highest BCUT2D eigenvalue weighted by atomic mass is 19.4. The summed E-state index contributed by atoms with van der Waals surface area (Å²) < 4.78 is 104. The number of halogens is 7. The monoisotopic (exact) mass is 462 g/mol. The second-order valence-corrected chi connectivity index (χ2v) is 7.63. The molecule has 0 aromatic heterocycles. The predicted molar refractivity (Wildman–Crippen MR) is 103 cm³/mol. The van der Waals surface area contributed by atoms with Crippen LogP contribution < -0.4 is 0 Å². The van der Waals surface area contributed by atoms with Crippen molar-refractivity contribution in [1.82, 2.24) is 0 Å². The van der Waals surface area contributed by atoms with Crippen molar-refractivity contribution in [2.45, 2.75) is 44.0 Å². The Labute approximate surface area is 180 Å². The van der Waals surface area contributed by atoms with E-state index in [1.807, 2.05) is 0 Å². The molecule has 0 N–H and O–H groups in total. The minimum absolute atomic E-state index is 0.0661. The molecular formula is C23H21F7O2. The van der Waals surface area contributed by atoms with Crippen molar-refractivity contribution in [3.8, 4) is 0 Å². The third-order valence-corrected chi connectivity index (χ3v) is 5.44. The number of ether oxygens (including phenoxy) is 2. The van der Waals surface area contributed by atoms with Crippen LogP contribution in [0, 0.1) is 11.7 Å². The van der Waals surface area contributed by atoms with Gasteiger partial charge in [-0.05, 0) is 60.7 Å². The van der Waals surface area contributed by atoms with Crippen molar-refractivity contribution in [3.05, 3.63) is 83.2 Å². The first kappa shape index (κ1) is 24.3. The Kier molecular flexibility index (Phi) is 7.00. The molecular weight excluding hydrogens is 441 g/mol. The van der Waals surface area contributed by atoms with E-state index >= 15 is 0 Å². The van der Waals surface area contributed by atoms with E-state index in [2.05, 4.69) is 6.58 Å². The van der Waals surface area contributed by atoms with Crippen molar-refractivity contribution in [2.24, 2.45) is 5.92 Å². The van der Waals surface area contributed by atoms with Gasteiger partial charge in [0.1, 0.15) is 5.82 Å². The molecule has 0 radical (unpaired) electrons. The lowest BCUT2D eigenvalue weighted by atomic mass is 9.82. The average Bonchev–Trinajstić information content (AvgIpc) is 2.72. The number of alkyl halides is 6. The van der Waals surface area contributed by atoms with Gasteiger partial charge in [0, 0.05) is 5.92 Å². The summed E-state index contributed by atoms with van der Waals surface area (Å²) in [5, 5.41) is 0. The molecule has 1 unspecified atom stereocenters. The summed E-state index contributed by atoms with van der Waals surface area (Å²) in [5.74, 6) is -1.21. The Morgan fingerprint density at radius 2 is 1.66 bits per heavy atom. The summed E-state index contributed by atoms with van der Waals surface area (Å²) in [6.07, 6.45) is -9.90. The van der Waals surface area contributed by atoms with Gasteiger partial charge in [-0.2, -0.15) is 26.3 Å². The molecule has 1 aliphatic rings. The van der Waals surface area contributed by atoms with Crippen LogP contribution in [0.1, 0.15) is 47.6 Å². The maximum absolute atomic E-state index is 13.8. The molecule has 2 nitrogen and oxygen atoms in total. The van der Waals surface area contributed by atoms with Gasteiger partial charge in [0.2, 0.25) is 0 Å². The fourth-order valence-corrected chi connectivity index (χ4v) is 3.81. The van der Waals surface area contributed by atoms with E-state index in [-0.39, 0.29) is 24.2 Å². The Balaban J connectivity index is 1.95. The zero-order chi connectivity index (χ0) is 23.7. The number of benzene rings is 2. The summed E-state index contributed by atoms with van der Waals surface area (Å²) in [6, 6.07) is 7.04. The van der Waals surface area contributed by atoms with E-state index in [4.69, 9.17) is 9.47 Å². The van der Waals surface area contributed by atoms with E-state index in [9.17, 15) is 30.7 Å². The molecule has 32 heavy (non-hydrogen) atoms. The largest absolute Gasteiger partial charge is 0.416 e. The fourth-order valence-electron chi connectivity index (χ4n) is 3.81. The molecule has 1 fully saturated rings. The Morgan fingerprint density at radius 3 is 2.19 bits per heavy atom. The first-order chi connectivity index (χ1) is 14.9. The second-order valence-electron chi connectivity index (χ2n) is 7.63. The van der Waals surface area contributed by atoms with Gasteiger partial charge >= 0.3 is 12.4 Å². The molecule has 2 aromatic carbocycles. The molecule has 1 heterocycles. The van der Waals surface area contributed by atoms with Crippen LogP contribution in [0.5, 0.6) is 0 Å². The number of rotatable bonds is 5. The predicted octanol–water partition coefficient (Wildman–Crippen LogP) is 7.27. The normalized spacial score (nSPS) is 23.1. The molecule has 0 amide bonds. The van der Waals surface area contributed by atoms with Crippen molar-refractivity contribution in [3.63, 3.8) is 0 Å². The SMILES string of the molecule is C=C[C@@H]1CCO[C@H](OC(C)c2cc(C(F)(F)F)cc(C(F)(F)F)c2)[C@H]1c1cccc(F)c1. The third kappa shape index (κ3) is 5.50. The third-order valence-electron chi connectivity index (χ3n) is 5.44. The van der Waals surface area contributed by atoms with Gasteiger partial charge in [-0.25, -0.2) is 4.39 Å². The number of hydrogen-bond acceptors (Lipinski definition) is 2. The van der Waals surface area contributed by atoms with Crippen LogP contribution >= 0.6 is 0 Å². The summed E-state index contributed by atoms with van der Waals surface area (Å²) in [5.41, 5.74) is -2.61. The van der Waals surface area contributed by atoms with Gasteiger partial charge in [0.05, 0.1) is 23.8 Å². The maximum atomic E-state index is 13.8. The molecule has 1 aliphatic heterocycles. The molecule has 0 spiro atoms. The minimum Gasteiger partial charge on any atom is -0.352 e. The van der Waals surface area contributed by atoms with E-state index in [0.29, 0.717) is 24.1 Å². The van der Waals surface area contributed by atoms with Crippen LogP contribution in [0.4, 0.5) is 30.7 Å². The lowest BCUT2D eigenvalue weighted by Crippen LogP contribution is -2.36. The maximum Gasteiger partial charge on any atom is 0.416 e. The molecule has 174 valence electrons. The standard InChI is InChI=1S/C23H21F7O2/c1-3-14-7-8-31-21(20(14)15-5-4-6-19(24)11-15)32-13(2)16-9-17(22(25,26)27)12-18(10-16)23(28,29)30/h3-6,9-14,20-21H,1,7-8H2,2H3/t13?,14-,20-,21-/m1/s1. The minimum atomic E-state index is -4.96. The Morgan fingerprint density at radius 1 is 1.03 bits per heavy atom. The molecule has 1 saturated heterocycles. The van der Waals surface area contributed by atoms with E-state index in [0.717, 1.165) is 0 Å². The van der Waals surface area contributed by atoms with Crippen LogP contribution in [0.3, 0.4) is 0 Å². The van der Waals surface area contributed by atoms with Gasteiger partial charge in [-0.3, -0.25) is 0 Å². The van der Waals surface area contributed by atoms with Gasteiger partial charge < -0.3 is 9.47 Å². The summed E-state index contributed by atoms with van der Waals surface area (Å²) in [6.45, 7) is 5.37. The molecule has 9 heteroatoms. The second kappa shape index (κ2) is 9.23. The highest BCUT2D eigenvalue weighted by Crippen LogP contribution is 2.41. The van der Waals surface area contributed by atoms with Crippen LogP contribution in [-0.4, -0.2) is 12.9 Å². The number of hydrogen-bond donors (Lipinski definition) is 0. The zero-order valence-electron chi connectivity index (χ0n) is 17.0. The summed E-state index contributed by atoms with van der Waals surface area (Å²) >= 11 is 0. The molecule has 2 aromatic rings. The van der Waals surface area contributed by atoms with E-state index in [1.54, 1.807) is 12.1 Å². The lowest BCUT2D eigenvalue weighted by molar-refractivity contribution is -0.205. The van der Waals surface area contributed by atoms with E-state index in [1.165, 1.54) is 25.1 Å². The highest BCUT2D eigenvalue weighted by molar-refractivity contribution is 5.35. The van der Waals surface area contributed by atoms with Crippen LogP contribution in [-0.2, 0) is 21.8 Å². The van der Waals surface area contributed by atoms with Gasteiger partial charge in [0.25, 0.3) is 0 Å². The molecule has 0 bridgehead atoms. The highest BCUT2D eigenvalue weighted by Gasteiger charge is 2.39. The van der Waals surface area contributed by atoms with Crippen molar-refractivity contribution in [2.75, 3.05) is 6.61 Å². The van der Waals surface area contributed by atoms with Crippen molar-refractivity contribution in [1.29, 1.82) is 0 Å². The zero-order valence-corrected chi connectivity index (χ0v) is 17.0. The summed E-state index contributed by atoms with van der Waals surface area (Å²) in [4.78, 5) is 0.